The molecule has 2 aromatic heterocycles. The summed E-state index contributed by atoms with van der Waals surface area (Å²) >= 11 is 0. The van der Waals surface area contributed by atoms with Gasteiger partial charge in [0.15, 0.2) is 5.82 Å². The van der Waals surface area contributed by atoms with Crippen molar-refractivity contribution in [2.45, 2.75) is 37.5 Å². The Hall–Kier alpha value is -3.88. The fourth-order valence-corrected chi connectivity index (χ4v) is 4.89. The molecule has 2 aromatic carbocycles. The van der Waals surface area contributed by atoms with Crippen LogP contribution < -0.4 is 4.74 Å². The third-order valence-corrected chi connectivity index (χ3v) is 6.25. The van der Waals surface area contributed by atoms with Crippen molar-refractivity contribution in [2.75, 3.05) is 0 Å². The maximum atomic E-state index is 14.7. The number of rotatable bonds is 4. The van der Waals surface area contributed by atoms with Crippen molar-refractivity contribution in [3.05, 3.63) is 72.4 Å². The van der Waals surface area contributed by atoms with Gasteiger partial charge in [-0.3, -0.25) is 4.79 Å². The molecule has 3 atom stereocenters. The number of amides is 1. The number of fused-ring (bicyclic) bond motifs is 3. The van der Waals surface area contributed by atoms with Crippen LogP contribution in [0.3, 0.4) is 0 Å². The van der Waals surface area contributed by atoms with E-state index in [0.717, 1.165) is 28.7 Å². The summed E-state index contributed by atoms with van der Waals surface area (Å²) < 4.78 is 20.8. The first-order valence-electron chi connectivity index (χ1n) is 10.6. The molecule has 160 valence electrons. The summed E-state index contributed by atoms with van der Waals surface area (Å²) in [5.74, 6) is -0.335. The summed E-state index contributed by atoms with van der Waals surface area (Å²) in [5, 5.41) is 8.04. The SMILES string of the molecule is O=C(c1cccc(F)c1-n1nccn1)N1C2CCC1C(Oc1cnc3ccccc3n1)C2. The zero-order chi connectivity index (χ0) is 21.7. The van der Waals surface area contributed by atoms with Crippen molar-refractivity contribution in [1.29, 1.82) is 0 Å². The first-order chi connectivity index (χ1) is 15.7. The average molecular weight is 430 g/mol. The highest BCUT2D eigenvalue weighted by molar-refractivity contribution is 5.98. The van der Waals surface area contributed by atoms with E-state index in [2.05, 4.69) is 20.2 Å². The molecular weight excluding hydrogens is 411 g/mol. The number of hydrogen-bond donors (Lipinski definition) is 0. The number of benzene rings is 2. The van der Waals surface area contributed by atoms with Crippen LogP contribution in [0, 0.1) is 5.82 Å². The maximum absolute atomic E-state index is 14.7. The zero-order valence-corrected chi connectivity index (χ0v) is 17.0. The van der Waals surface area contributed by atoms with Gasteiger partial charge >= 0.3 is 0 Å². The maximum Gasteiger partial charge on any atom is 0.256 e. The average Bonchev–Trinajstić information content (AvgIpc) is 3.55. The van der Waals surface area contributed by atoms with E-state index in [9.17, 15) is 9.18 Å². The molecular formula is C23H19FN6O2. The topological polar surface area (TPSA) is 86.0 Å². The van der Waals surface area contributed by atoms with Crippen molar-refractivity contribution in [3.63, 3.8) is 0 Å². The lowest BCUT2D eigenvalue weighted by atomic mass is 9.98. The summed E-state index contributed by atoms with van der Waals surface area (Å²) in [6.45, 7) is 0. The molecule has 2 saturated heterocycles. The standard InChI is InChI=1S/C23H19FN6O2/c24-16-5-3-4-15(22(16)30-26-10-11-27-30)23(31)29-14-8-9-19(29)20(12-14)32-21-13-25-17-6-1-2-7-18(17)28-21/h1-7,10-11,13-14,19-20H,8-9,12H2. The number of hydrogen-bond acceptors (Lipinski definition) is 6. The fourth-order valence-electron chi connectivity index (χ4n) is 4.89. The largest absolute Gasteiger partial charge is 0.471 e. The predicted octanol–water partition coefficient (Wildman–Crippen LogP) is 3.17. The van der Waals surface area contributed by atoms with E-state index in [1.54, 1.807) is 12.3 Å². The molecule has 8 nitrogen and oxygen atoms in total. The molecule has 0 aliphatic carbocycles. The summed E-state index contributed by atoms with van der Waals surface area (Å²) in [6.07, 6.45) is 6.76. The van der Waals surface area contributed by atoms with Crippen molar-refractivity contribution < 1.29 is 13.9 Å². The van der Waals surface area contributed by atoms with Crippen LogP contribution in [0.15, 0.2) is 61.1 Å². The Morgan fingerprint density at radius 3 is 2.69 bits per heavy atom. The van der Waals surface area contributed by atoms with Gasteiger partial charge < -0.3 is 9.64 Å². The fraction of sp³-hybridized carbons (Fsp3) is 0.261. The minimum absolute atomic E-state index is 0.0348. The number of para-hydroxylation sites is 3. The Morgan fingerprint density at radius 1 is 1.03 bits per heavy atom. The van der Waals surface area contributed by atoms with Gasteiger partial charge in [-0.1, -0.05) is 18.2 Å². The highest BCUT2D eigenvalue weighted by Gasteiger charge is 2.50. The van der Waals surface area contributed by atoms with Crippen molar-refractivity contribution >= 4 is 16.9 Å². The van der Waals surface area contributed by atoms with Crippen LogP contribution in [-0.2, 0) is 0 Å². The Morgan fingerprint density at radius 2 is 1.84 bits per heavy atom. The molecule has 2 bridgehead atoms. The van der Waals surface area contributed by atoms with E-state index in [1.807, 2.05) is 29.2 Å². The van der Waals surface area contributed by atoms with Gasteiger partial charge in [0.2, 0.25) is 5.88 Å². The number of ether oxygens (including phenoxy) is 1. The van der Waals surface area contributed by atoms with E-state index in [-0.39, 0.29) is 35.3 Å². The quantitative estimate of drug-likeness (QED) is 0.494. The minimum Gasteiger partial charge on any atom is -0.471 e. The smallest absolute Gasteiger partial charge is 0.256 e. The van der Waals surface area contributed by atoms with Gasteiger partial charge in [0.1, 0.15) is 11.8 Å². The Bertz CT molecular complexity index is 1310. The molecule has 32 heavy (non-hydrogen) atoms. The molecule has 3 unspecified atom stereocenters. The summed E-state index contributed by atoms with van der Waals surface area (Å²) in [7, 11) is 0. The van der Waals surface area contributed by atoms with Crippen molar-refractivity contribution in [1.82, 2.24) is 29.9 Å². The lowest BCUT2D eigenvalue weighted by Crippen LogP contribution is -2.39. The molecule has 0 radical (unpaired) electrons. The molecule has 2 aliphatic rings. The van der Waals surface area contributed by atoms with E-state index in [1.165, 1.54) is 24.5 Å². The van der Waals surface area contributed by atoms with Gasteiger partial charge in [0.25, 0.3) is 5.91 Å². The molecule has 0 saturated carbocycles. The van der Waals surface area contributed by atoms with Crippen LogP contribution in [-0.4, -0.2) is 54.0 Å². The normalized spacial score (nSPS) is 21.9. The molecule has 6 rings (SSSR count). The van der Waals surface area contributed by atoms with Crippen LogP contribution in [0.4, 0.5) is 4.39 Å². The molecule has 2 fully saturated rings. The van der Waals surface area contributed by atoms with Gasteiger partial charge in [-0.25, -0.2) is 14.4 Å². The number of nitrogens with zero attached hydrogens (tertiary/aromatic N) is 6. The van der Waals surface area contributed by atoms with Crippen LogP contribution in [0.2, 0.25) is 0 Å². The summed E-state index contributed by atoms with van der Waals surface area (Å²) in [4.78, 5) is 25.5. The predicted molar refractivity (Wildman–Crippen MR) is 113 cm³/mol. The molecule has 1 amide bonds. The monoisotopic (exact) mass is 430 g/mol. The lowest BCUT2D eigenvalue weighted by Gasteiger charge is -2.25. The number of halogens is 1. The first kappa shape index (κ1) is 18.9. The van der Waals surface area contributed by atoms with Crippen LogP contribution in [0.1, 0.15) is 29.6 Å². The highest BCUT2D eigenvalue weighted by atomic mass is 19.1. The Labute approximate surface area is 182 Å². The van der Waals surface area contributed by atoms with E-state index < -0.39 is 5.82 Å². The lowest BCUT2D eigenvalue weighted by molar-refractivity contribution is 0.0681. The van der Waals surface area contributed by atoms with Crippen molar-refractivity contribution in [3.8, 4) is 11.6 Å². The molecule has 4 heterocycles. The van der Waals surface area contributed by atoms with Crippen molar-refractivity contribution in [2.24, 2.45) is 0 Å². The summed E-state index contributed by atoms with van der Waals surface area (Å²) in [6, 6.07) is 12.0. The van der Waals surface area contributed by atoms with Gasteiger partial charge in [-0.2, -0.15) is 10.2 Å². The van der Waals surface area contributed by atoms with E-state index >= 15 is 0 Å². The van der Waals surface area contributed by atoms with Gasteiger partial charge in [-0.15, -0.1) is 4.80 Å². The molecule has 0 N–H and O–H groups in total. The second-order valence-corrected chi connectivity index (χ2v) is 8.05. The highest BCUT2D eigenvalue weighted by Crippen LogP contribution is 2.41. The number of carbonyl (C=O) groups is 1. The van der Waals surface area contributed by atoms with E-state index in [0.29, 0.717) is 12.3 Å². The third-order valence-electron chi connectivity index (χ3n) is 6.25. The molecule has 0 spiro atoms. The second kappa shape index (κ2) is 7.37. The molecule has 9 heteroatoms. The second-order valence-electron chi connectivity index (χ2n) is 8.05. The van der Waals surface area contributed by atoms with Gasteiger partial charge in [0, 0.05) is 12.5 Å². The first-order valence-corrected chi connectivity index (χ1v) is 10.6. The zero-order valence-electron chi connectivity index (χ0n) is 17.0. The van der Waals surface area contributed by atoms with Crippen LogP contribution >= 0.6 is 0 Å². The van der Waals surface area contributed by atoms with E-state index in [4.69, 9.17) is 4.74 Å². The summed E-state index contributed by atoms with van der Waals surface area (Å²) in [5.41, 5.74) is 1.86. The Kier molecular flexibility index (Phi) is 4.34. The number of aromatic nitrogens is 5. The number of carbonyl (C=O) groups excluding carboxylic acids is 1. The van der Waals surface area contributed by atoms with Gasteiger partial charge in [-0.05, 0) is 37.1 Å². The van der Waals surface area contributed by atoms with Crippen LogP contribution in [0.25, 0.3) is 16.7 Å². The minimum atomic E-state index is -0.544. The Balaban J connectivity index is 1.28. The van der Waals surface area contributed by atoms with Gasteiger partial charge in [0.05, 0.1) is 41.2 Å². The van der Waals surface area contributed by atoms with Crippen LogP contribution in [0.5, 0.6) is 5.88 Å². The molecule has 2 aliphatic heterocycles. The molecule has 4 aromatic rings. The third kappa shape index (κ3) is 3.00.